The van der Waals surface area contributed by atoms with Gasteiger partial charge in [0.2, 0.25) is 0 Å². The van der Waals surface area contributed by atoms with Crippen molar-refractivity contribution < 1.29 is 18.1 Å². The Balaban J connectivity index is 1.14. The lowest BCUT2D eigenvalue weighted by molar-refractivity contribution is 0.616. The molecule has 0 N–H and O–H groups in total. The van der Waals surface area contributed by atoms with Crippen molar-refractivity contribution in [1.29, 1.82) is 0 Å². The number of nitrogens with zero attached hydrogens (tertiary/aromatic N) is 1. The molecule has 2 unspecified atom stereocenters. The van der Waals surface area contributed by atoms with E-state index in [1.54, 1.807) is 6.26 Å². The highest BCUT2D eigenvalue weighted by molar-refractivity contribution is 5.94. The Morgan fingerprint density at radius 1 is 0.367 bits per heavy atom. The third-order valence-corrected chi connectivity index (χ3v) is 12.4. The normalized spacial score (nSPS) is 19.5. The van der Waals surface area contributed by atoms with Crippen LogP contribution in [-0.2, 0) is 10.8 Å². The summed E-state index contributed by atoms with van der Waals surface area (Å²) < 4.78 is 95.9. The number of furan rings is 1. The minimum atomic E-state index is -1.29. The molecule has 10 aromatic rings. The second-order valence-electron chi connectivity index (χ2n) is 15.3. The van der Waals surface area contributed by atoms with Gasteiger partial charge in [0.25, 0.3) is 0 Å². The predicted octanol–water partition coefficient (Wildman–Crippen LogP) is 14.6. The summed E-state index contributed by atoms with van der Waals surface area (Å²) >= 11 is 0. The molecular formula is C58H39NO. The SMILES string of the molecule is [2H]c1c([2H])c([2H])c(C2(c3ccccc3)c3ccccc3-c3cc(N(c4ccc5c(c4)-c4ccccc4C5(c4ccccc4)c4c([2H])c([2H])c([2H])c([2H])c4[2H])c4ccc5occc5c4)ccc32)c([2H])c1[2H]. The molecule has 2 nitrogen and oxygen atoms in total. The van der Waals surface area contributed by atoms with Gasteiger partial charge in [0.1, 0.15) is 5.58 Å². The van der Waals surface area contributed by atoms with Crippen LogP contribution in [0.1, 0.15) is 58.2 Å². The Morgan fingerprint density at radius 2 is 0.800 bits per heavy atom. The first kappa shape index (κ1) is 25.6. The van der Waals surface area contributed by atoms with E-state index in [0.29, 0.717) is 5.58 Å². The highest BCUT2D eigenvalue weighted by Crippen LogP contribution is 2.59. The average molecular weight is 776 g/mol. The third kappa shape index (κ3) is 4.82. The first-order valence-corrected chi connectivity index (χ1v) is 19.9. The molecule has 0 bridgehead atoms. The quantitative estimate of drug-likeness (QED) is 0.160. The van der Waals surface area contributed by atoms with Gasteiger partial charge in [-0.25, -0.2) is 0 Å². The van der Waals surface area contributed by atoms with Gasteiger partial charge in [0.05, 0.1) is 30.8 Å². The number of anilines is 3. The molecule has 60 heavy (non-hydrogen) atoms. The molecule has 0 saturated heterocycles. The van der Waals surface area contributed by atoms with Crippen molar-refractivity contribution in [3.05, 3.63) is 281 Å². The van der Waals surface area contributed by atoms with Gasteiger partial charge in [-0.1, -0.05) is 182 Å². The summed E-state index contributed by atoms with van der Waals surface area (Å²) in [5.74, 6) is 0. The van der Waals surface area contributed by atoms with E-state index in [1.807, 2.05) is 152 Å². The molecule has 2 aliphatic carbocycles. The van der Waals surface area contributed by atoms with Crippen LogP contribution in [0.4, 0.5) is 17.1 Å². The molecule has 1 heterocycles. The number of hydrogen-bond acceptors (Lipinski definition) is 2. The summed E-state index contributed by atoms with van der Waals surface area (Å²) in [5, 5.41) is 0.883. The van der Waals surface area contributed by atoms with Crippen molar-refractivity contribution in [3.8, 4) is 22.3 Å². The number of hydrogen-bond donors (Lipinski definition) is 0. The van der Waals surface area contributed by atoms with Crippen LogP contribution in [0.25, 0.3) is 33.2 Å². The van der Waals surface area contributed by atoms with Gasteiger partial charge in [0.15, 0.2) is 0 Å². The first-order valence-electron chi connectivity index (χ1n) is 24.9. The molecule has 0 saturated carbocycles. The van der Waals surface area contributed by atoms with Crippen LogP contribution in [0.15, 0.2) is 241 Å². The van der Waals surface area contributed by atoms with Gasteiger partial charge in [-0.15, -0.1) is 0 Å². The van der Waals surface area contributed by atoms with Crippen LogP contribution in [0.5, 0.6) is 0 Å². The molecule has 2 aliphatic rings. The van der Waals surface area contributed by atoms with Gasteiger partial charge in [-0.3, -0.25) is 0 Å². The van der Waals surface area contributed by atoms with Crippen LogP contribution in [0, 0.1) is 0 Å². The van der Waals surface area contributed by atoms with Gasteiger partial charge in [-0.2, -0.15) is 0 Å². The Morgan fingerprint density at radius 3 is 1.32 bits per heavy atom. The molecule has 0 fully saturated rings. The van der Waals surface area contributed by atoms with Crippen molar-refractivity contribution in [2.45, 2.75) is 10.8 Å². The fourth-order valence-electron chi connectivity index (χ4n) is 10.1. The van der Waals surface area contributed by atoms with Crippen molar-refractivity contribution >= 4 is 28.0 Å². The molecule has 282 valence electrons. The number of benzene rings is 9. The van der Waals surface area contributed by atoms with E-state index < -0.39 is 47.1 Å². The van der Waals surface area contributed by atoms with Gasteiger partial charge in [-0.05, 0) is 115 Å². The van der Waals surface area contributed by atoms with Gasteiger partial charge < -0.3 is 9.32 Å². The Hall–Kier alpha value is -7.68. The maximum Gasteiger partial charge on any atom is 0.133 e. The fraction of sp³-hybridized carbons (Fsp3) is 0.0345. The maximum atomic E-state index is 9.41. The van der Waals surface area contributed by atoms with E-state index in [9.17, 15) is 5.48 Å². The molecule has 0 aliphatic heterocycles. The zero-order valence-electron chi connectivity index (χ0n) is 42.1. The summed E-state index contributed by atoms with van der Waals surface area (Å²) in [4.78, 5) is 2.15. The second kappa shape index (κ2) is 13.4. The monoisotopic (exact) mass is 775 g/mol. The zero-order chi connectivity index (χ0) is 48.4. The Bertz CT molecular complexity index is 3550. The summed E-state index contributed by atoms with van der Waals surface area (Å²) in [6.07, 6.45) is 1.65. The number of rotatable bonds is 7. The van der Waals surface area contributed by atoms with Crippen LogP contribution in [-0.4, -0.2) is 0 Å². The molecular weight excluding hydrogens is 727 g/mol. The molecule has 0 spiro atoms. The van der Waals surface area contributed by atoms with Crippen molar-refractivity contribution in [3.63, 3.8) is 0 Å². The van der Waals surface area contributed by atoms with Gasteiger partial charge >= 0.3 is 0 Å². The molecule has 0 radical (unpaired) electrons. The van der Waals surface area contributed by atoms with E-state index in [2.05, 4.69) is 23.1 Å². The summed E-state index contributed by atoms with van der Waals surface area (Å²) in [6, 6.07) is 51.6. The molecule has 2 atom stereocenters. The maximum absolute atomic E-state index is 9.41. The first-order chi connectivity index (χ1) is 33.9. The molecule has 0 amide bonds. The highest BCUT2D eigenvalue weighted by Gasteiger charge is 2.47. The minimum Gasteiger partial charge on any atom is -0.464 e. The standard InChI is InChI=1S/C58H39NO/c1-5-17-41(18-6-1)57(42-19-7-2-8-20-42)52-27-15-13-25-48(52)50-38-46(29-32-54(50)57)59(45-31-34-56-40(37-45)35-36-60-56)47-30-33-55-51(39-47)49-26-14-16-28-53(49)58(55,43-21-9-3-10-22-43)44-23-11-4-12-24-44/h1-39H/i1D,3D,5D,6D,9D,10D,17D,18D,21D,22D. The topological polar surface area (TPSA) is 16.4 Å². The third-order valence-electron chi connectivity index (χ3n) is 12.4. The van der Waals surface area contributed by atoms with Crippen molar-refractivity contribution in [1.82, 2.24) is 0 Å². The lowest BCUT2D eigenvalue weighted by Crippen LogP contribution is -2.28. The highest BCUT2D eigenvalue weighted by atomic mass is 16.3. The van der Waals surface area contributed by atoms with Gasteiger partial charge in [0, 0.05) is 22.4 Å². The molecule has 1 aromatic heterocycles. The van der Waals surface area contributed by atoms with Crippen molar-refractivity contribution in [2.24, 2.45) is 0 Å². The van der Waals surface area contributed by atoms with Crippen molar-refractivity contribution in [2.75, 3.05) is 4.90 Å². The molecule has 9 aromatic carbocycles. The Labute approximate surface area is 364 Å². The lowest BCUT2D eigenvalue weighted by Gasteiger charge is -2.34. The predicted molar refractivity (Wildman–Crippen MR) is 246 cm³/mol. The average Bonchev–Trinajstić information content (AvgIpc) is 4.07. The van der Waals surface area contributed by atoms with Crippen LogP contribution >= 0.6 is 0 Å². The zero-order valence-corrected chi connectivity index (χ0v) is 32.1. The minimum absolute atomic E-state index is 0.171. The van der Waals surface area contributed by atoms with E-state index in [4.69, 9.17) is 12.6 Å². The van der Waals surface area contributed by atoms with Crippen LogP contribution in [0.3, 0.4) is 0 Å². The van der Waals surface area contributed by atoms with E-state index >= 15 is 0 Å². The second-order valence-corrected chi connectivity index (χ2v) is 15.3. The summed E-state index contributed by atoms with van der Waals surface area (Å²) in [6.45, 7) is 0. The smallest absolute Gasteiger partial charge is 0.133 e. The Kier molecular flexibility index (Phi) is 5.74. The van der Waals surface area contributed by atoms with E-state index in [-0.39, 0.29) is 35.3 Å². The summed E-state index contributed by atoms with van der Waals surface area (Å²) in [7, 11) is 0. The van der Waals surface area contributed by atoms with Crippen LogP contribution < -0.4 is 4.90 Å². The molecule has 12 rings (SSSR count). The lowest BCUT2D eigenvalue weighted by atomic mass is 9.67. The molecule has 2 heteroatoms. The fourth-order valence-corrected chi connectivity index (χ4v) is 10.1. The van der Waals surface area contributed by atoms with Crippen LogP contribution in [0.2, 0.25) is 0 Å². The van der Waals surface area contributed by atoms with E-state index in [0.717, 1.165) is 78.1 Å². The largest absolute Gasteiger partial charge is 0.464 e. The summed E-state index contributed by atoms with van der Waals surface area (Å²) in [5.41, 5.74) is 8.82. The van der Waals surface area contributed by atoms with E-state index in [1.165, 1.54) is 0 Å². The number of fused-ring (bicyclic) bond motifs is 7.